The van der Waals surface area contributed by atoms with Gasteiger partial charge in [0.05, 0.1) is 17.9 Å². The Morgan fingerprint density at radius 2 is 1.96 bits per heavy atom. The van der Waals surface area contributed by atoms with E-state index in [1.165, 1.54) is 0 Å². The fraction of sp³-hybridized carbons (Fsp3) is 0.211. The first-order valence-electron chi connectivity index (χ1n) is 8.60. The van der Waals surface area contributed by atoms with E-state index in [0.29, 0.717) is 30.6 Å². The molecule has 0 fully saturated rings. The molecule has 0 saturated carbocycles. The molecule has 136 valence electrons. The van der Waals surface area contributed by atoms with Crippen LogP contribution in [0.3, 0.4) is 0 Å². The van der Waals surface area contributed by atoms with Crippen molar-refractivity contribution in [1.82, 2.24) is 29.9 Å². The summed E-state index contributed by atoms with van der Waals surface area (Å²) in [7, 11) is 1.89. The Morgan fingerprint density at radius 1 is 1.11 bits per heavy atom. The monoisotopic (exact) mass is 361 g/mol. The summed E-state index contributed by atoms with van der Waals surface area (Å²) in [6, 6.07) is 11.9. The lowest BCUT2D eigenvalue weighted by atomic mass is 10.1. The van der Waals surface area contributed by atoms with Gasteiger partial charge in [-0.2, -0.15) is 10.1 Å². The number of nitrogens with zero attached hydrogens (tertiary/aromatic N) is 6. The van der Waals surface area contributed by atoms with Gasteiger partial charge in [-0.05, 0) is 18.6 Å². The standard InChI is InChI=1S/C19H19N7O/c1-13-15(12-26(2)24-13)16-8-9-20-19(22-16)21-11-18-23-17(25-27-18)10-14-6-4-3-5-7-14/h3-9,12H,10-11H2,1-2H3,(H,20,21,22). The van der Waals surface area contributed by atoms with Crippen molar-refractivity contribution in [1.29, 1.82) is 0 Å². The molecular weight excluding hydrogens is 342 g/mol. The van der Waals surface area contributed by atoms with Crippen LogP contribution in [0.25, 0.3) is 11.3 Å². The molecule has 0 spiro atoms. The fourth-order valence-electron chi connectivity index (χ4n) is 2.81. The lowest BCUT2D eigenvalue weighted by Crippen LogP contribution is -2.04. The summed E-state index contributed by atoms with van der Waals surface area (Å²) in [5.41, 5.74) is 3.85. The van der Waals surface area contributed by atoms with Crippen molar-refractivity contribution in [2.24, 2.45) is 7.05 Å². The SMILES string of the molecule is Cc1nn(C)cc1-c1ccnc(NCc2nc(Cc3ccccc3)no2)n1. The van der Waals surface area contributed by atoms with Crippen LogP contribution in [0.1, 0.15) is 23.0 Å². The van der Waals surface area contributed by atoms with Crippen molar-refractivity contribution in [2.75, 3.05) is 5.32 Å². The van der Waals surface area contributed by atoms with Gasteiger partial charge in [0.15, 0.2) is 5.82 Å². The molecule has 0 aliphatic heterocycles. The summed E-state index contributed by atoms with van der Waals surface area (Å²) in [5, 5.41) is 11.5. The predicted molar refractivity (Wildman–Crippen MR) is 99.8 cm³/mol. The second-order valence-corrected chi connectivity index (χ2v) is 6.19. The first-order chi connectivity index (χ1) is 13.2. The smallest absolute Gasteiger partial charge is 0.246 e. The van der Waals surface area contributed by atoms with Crippen LogP contribution in [-0.2, 0) is 20.0 Å². The topological polar surface area (TPSA) is 94.6 Å². The molecule has 27 heavy (non-hydrogen) atoms. The van der Waals surface area contributed by atoms with Gasteiger partial charge in [0.1, 0.15) is 0 Å². The maximum Gasteiger partial charge on any atom is 0.246 e. The number of aryl methyl sites for hydroxylation is 2. The lowest BCUT2D eigenvalue weighted by molar-refractivity contribution is 0.378. The molecule has 0 unspecified atom stereocenters. The molecule has 0 radical (unpaired) electrons. The molecule has 0 amide bonds. The van der Waals surface area contributed by atoms with Crippen LogP contribution >= 0.6 is 0 Å². The number of hydrogen-bond donors (Lipinski definition) is 1. The largest absolute Gasteiger partial charge is 0.345 e. The van der Waals surface area contributed by atoms with Gasteiger partial charge in [-0.3, -0.25) is 4.68 Å². The second kappa shape index (κ2) is 7.36. The zero-order valence-corrected chi connectivity index (χ0v) is 15.1. The average molecular weight is 361 g/mol. The molecule has 8 nitrogen and oxygen atoms in total. The Balaban J connectivity index is 1.42. The summed E-state index contributed by atoms with van der Waals surface area (Å²) in [5.74, 6) is 1.64. The average Bonchev–Trinajstić information content (AvgIpc) is 3.26. The second-order valence-electron chi connectivity index (χ2n) is 6.19. The molecule has 0 saturated heterocycles. The Hall–Kier alpha value is -3.55. The molecule has 3 heterocycles. The Morgan fingerprint density at radius 3 is 2.74 bits per heavy atom. The third-order valence-corrected chi connectivity index (χ3v) is 4.06. The van der Waals surface area contributed by atoms with E-state index in [4.69, 9.17) is 4.52 Å². The van der Waals surface area contributed by atoms with Gasteiger partial charge in [-0.25, -0.2) is 9.97 Å². The third kappa shape index (κ3) is 4.00. The molecule has 0 atom stereocenters. The van der Waals surface area contributed by atoms with Crippen LogP contribution in [0.5, 0.6) is 0 Å². The van der Waals surface area contributed by atoms with Crippen molar-refractivity contribution < 1.29 is 4.52 Å². The van der Waals surface area contributed by atoms with Gasteiger partial charge in [0.2, 0.25) is 11.8 Å². The molecule has 0 bridgehead atoms. The Labute approximate surface area is 156 Å². The van der Waals surface area contributed by atoms with Crippen LogP contribution in [0.4, 0.5) is 5.95 Å². The predicted octanol–water partition coefficient (Wildman–Crippen LogP) is 2.77. The van der Waals surface area contributed by atoms with Crippen molar-refractivity contribution in [2.45, 2.75) is 19.9 Å². The summed E-state index contributed by atoms with van der Waals surface area (Å²) in [6.07, 6.45) is 4.29. The Bertz CT molecular complexity index is 1040. The van der Waals surface area contributed by atoms with Gasteiger partial charge in [0, 0.05) is 31.4 Å². The Kier molecular flexibility index (Phi) is 4.61. The van der Waals surface area contributed by atoms with Crippen molar-refractivity contribution in [3.63, 3.8) is 0 Å². The van der Waals surface area contributed by atoms with Gasteiger partial charge in [-0.1, -0.05) is 35.5 Å². The van der Waals surface area contributed by atoms with E-state index in [0.717, 1.165) is 22.5 Å². The van der Waals surface area contributed by atoms with E-state index in [2.05, 4.69) is 30.5 Å². The van der Waals surface area contributed by atoms with E-state index in [1.807, 2.05) is 56.6 Å². The van der Waals surface area contributed by atoms with Crippen LogP contribution in [-0.4, -0.2) is 29.9 Å². The van der Waals surface area contributed by atoms with Crippen molar-refractivity contribution in [3.05, 3.63) is 71.8 Å². The van der Waals surface area contributed by atoms with Gasteiger partial charge >= 0.3 is 0 Å². The quantitative estimate of drug-likeness (QED) is 0.564. The summed E-state index contributed by atoms with van der Waals surface area (Å²) >= 11 is 0. The number of benzene rings is 1. The zero-order chi connectivity index (χ0) is 18.6. The molecule has 0 aliphatic carbocycles. The van der Waals surface area contributed by atoms with E-state index in [1.54, 1.807) is 10.9 Å². The lowest BCUT2D eigenvalue weighted by Gasteiger charge is -2.03. The maximum atomic E-state index is 5.30. The highest BCUT2D eigenvalue weighted by Crippen LogP contribution is 2.20. The number of aromatic nitrogens is 6. The molecule has 4 rings (SSSR count). The first kappa shape index (κ1) is 16.9. The molecular formula is C19H19N7O. The zero-order valence-electron chi connectivity index (χ0n) is 15.1. The fourth-order valence-corrected chi connectivity index (χ4v) is 2.81. The van der Waals surface area contributed by atoms with Crippen LogP contribution in [0.2, 0.25) is 0 Å². The van der Waals surface area contributed by atoms with Crippen LogP contribution in [0.15, 0.2) is 53.3 Å². The molecule has 4 aromatic rings. The van der Waals surface area contributed by atoms with E-state index < -0.39 is 0 Å². The first-order valence-corrected chi connectivity index (χ1v) is 8.60. The molecule has 8 heteroatoms. The molecule has 0 aliphatic rings. The summed E-state index contributed by atoms with van der Waals surface area (Å²) < 4.78 is 7.07. The highest BCUT2D eigenvalue weighted by Gasteiger charge is 2.10. The number of nitrogens with one attached hydrogen (secondary N) is 1. The van der Waals surface area contributed by atoms with E-state index in [-0.39, 0.29) is 0 Å². The maximum absolute atomic E-state index is 5.30. The number of rotatable bonds is 6. The number of anilines is 1. The van der Waals surface area contributed by atoms with Gasteiger partial charge in [0.25, 0.3) is 0 Å². The summed E-state index contributed by atoms with van der Waals surface area (Å²) in [6.45, 7) is 2.31. The molecule has 3 aromatic heterocycles. The normalized spacial score (nSPS) is 10.9. The van der Waals surface area contributed by atoms with Crippen LogP contribution in [0, 0.1) is 6.92 Å². The number of hydrogen-bond acceptors (Lipinski definition) is 7. The van der Waals surface area contributed by atoms with E-state index >= 15 is 0 Å². The van der Waals surface area contributed by atoms with E-state index in [9.17, 15) is 0 Å². The minimum atomic E-state index is 0.358. The molecule has 1 N–H and O–H groups in total. The van der Waals surface area contributed by atoms with Crippen molar-refractivity contribution >= 4 is 5.95 Å². The summed E-state index contributed by atoms with van der Waals surface area (Å²) in [4.78, 5) is 13.2. The molecule has 1 aromatic carbocycles. The van der Waals surface area contributed by atoms with Crippen molar-refractivity contribution in [3.8, 4) is 11.3 Å². The highest BCUT2D eigenvalue weighted by molar-refractivity contribution is 5.61. The third-order valence-electron chi connectivity index (χ3n) is 4.06. The minimum absolute atomic E-state index is 0.358. The van der Waals surface area contributed by atoms with Crippen LogP contribution < -0.4 is 5.32 Å². The van der Waals surface area contributed by atoms with Gasteiger partial charge < -0.3 is 9.84 Å². The van der Waals surface area contributed by atoms with Gasteiger partial charge in [-0.15, -0.1) is 0 Å². The highest BCUT2D eigenvalue weighted by atomic mass is 16.5. The minimum Gasteiger partial charge on any atom is -0.345 e.